The fourth-order valence-electron chi connectivity index (χ4n) is 2.66. The molecule has 106 valence electrons. The van der Waals surface area contributed by atoms with Gasteiger partial charge in [0.2, 0.25) is 5.91 Å². The first-order valence-electron chi connectivity index (χ1n) is 6.90. The van der Waals surface area contributed by atoms with Crippen LogP contribution in [0.15, 0.2) is 24.3 Å². The number of amides is 2. The molecule has 0 aliphatic carbocycles. The largest absolute Gasteiger partial charge is 0.354 e. The summed E-state index contributed by atoms with van der Waals surface area (Å²) >= 11 is 1.67. The van der Waals surface area contributed by atoms with Gasteiger partial charge in [0.15, 0.2) is 0 Å². The van der Waals surface area contributed by atoms with E-state index in [4.69, 9.17) is 0 Å². The summed E-state index contributed by atoms with van der Waals surface area (Å²) in [5, 5.41) is 2.95. The Hall–Kier alpha value is -1.49. The Kier molecular flexibility index (Phi) is 3.46. The number of thioether (sulfide) groups is 1. The summed E-state index contributed by atoms with van der Waals surface area (Å²) in [6, 6.07) is 7.31. The Morgan fingerprint density at radius 3 is 2.95 bits per heavy atom. The van der Waals surface area contributed by atoms with Crippen LogP contribution in [0.4, 0.5) is 0 Å². The van der Waals surface area contributed by atoms with Crippen molar-refractivity contribution in [1.82, 2.24) is 10.2 Å². The topological polar surface area (TPSA) is 49.4 Å². The number of hydrogen-bond acceptors (Lipinski definition) is 3. The van der Waals surface area contributed by atoms with Gasteiger partial charge in [0.05, 0.1) is 0 Å². The van der Waals surface area contributed by atoms with E-state index >= 15 is 0 Å². The molecule has 0 unspecified atom stereocenters. The van der Waals surface area contributed by atoms with Crippen molar-refractivity contribution < 1.29 is 9.59 Å². The average Bonchev–Trinajstić information content (AvgIpc) is 2.98. The van der Waals surface area contributed by atoms with Crippen LogP contribution in [0.3, 0.4) is 0 Å². The molecule has 1 aromatic carbocycles. The number of nitrogens with zero attached hydrogens (tertiary/aromatic N) is 1. The standard InChI is InChI=1S/C15H18N2O2S/c1-9(2)7-16-13(18)12-8-20-15-11-6-4-3-5-10(11)14(19)17(12)15/h3-6,9,12,15H,7-8H2,1-2H3,(H,16,18)/t12-,15+/m0/s1. The van der Waals surface area contributed by atoms with Crippen molar-refractivity contribution in [2.24, 2.45) is 5.92 Å². The average molecular weight is 290 g/mol. The van der Waals surface area contributed by atoms with E-state index in [1.165, 1.54) is 0 Å². The highest BCUT2D eigenvalue weighted by Gasteiger charge is 2.48. The molecule has 1 aromatic rings. The number of carbonyl (C=O) groups excluding carboxylic acids is 2. The van der Waals surface area contributed by atoms with Gasteiger partial charge in [0.25, 0.3) is 5.91 Å². The molecule has 0 radical (unpaired) electrons. The molecule has 5 heteroatoms. The highest BCUT2D eigenvalue weighted by molar-refractivity contribution is 7.99. The van der Waals surface area contributed by atoms with E-state index in [0.29, 0.717) is 18.2 Å². The maximum atomic E-state index is 12.5. The zero-order chi connectivity index (χ0) is 14.3. The van der Waals surface area contributed by atoms with Gasteiger partial charge in [-0.05, 0) is 17.5 Å². The van der Waals surface area contributed by atoms with Crippen LogP contribution in [0, 0.1) is 5.92 Å². The quantitative estimate of drug-likeness (QED) is 0.926. The summed E-state index contributed by atoms with van der Waals surface area (Å²) in [6.45, 7) is 4.77. The first-order valence-corrected chi connectivity index (χ1v) is 7.95. The summed E-state index contributed by atoms with van der Waals surface area (Å²) in [7, 11) is 0. The lowest BCUT2D eigenvalue weighted by molar-refractivity contribution is -0.124. The van der Waals surface area contributed by atoms with Gasteiger partial charge >= 0.3 is 0 Å². The number of carbonyl (C=O) groups is 2. The fourth-order valence-corrected chi connectivity index (χ4v) is 4.13. The van der Waals surface area contributed by atoms with E-state index in [-0.39, 0.29) is 23.2 Å². The van der Waals surface area contributed by atoms with Crippen LogP contribution in [-0.2, 0) is 4.79 Å². The van der Waals surface area contributed by atoms with Gasteiger partial charge in [-0.15, -0.1) is 11.8 Å². The third kappa shape index (κ3) is 2.10. The van der Waals surface area contributed by atoms with E-state index in [9.17, 15) is 9.59 Å². The monoisotopic (exact) mass is 290 g/mol. The Bertz CT molecular complexity index is 559. The molecule has 0 bridgehead atoms. The van der Waals surface area contributed by atoms with Gasteiger partial charge in [-0.25, -0.2) is 0 Å². The summed E-state index contributed by atoms with van der Waals surface area (Å²) in [5.41, 5.74) is 1.79. The number of fused-ring (bicyclic) bond motifs is 3. The maximum Gasteiger partial charge on any atom is 0.256 e. The SMILES string of the molecule is CC(C)CNC(=O)[C@@H]1CS[C@@H]2c3ccccc3C(=O)N21. The smallest absolute Gasteiger partial charge is 0.256 e. The van der Waals surface area contributed by atoms with E-state index in [2.05, 4.69) is 19.2 Å². The van der Waals surface area contributed by atoms with Gasteiger partial charge in [0.1, 0.15) is 11.4 Å². The fraction of sp³-hybridized carbons (Fsp3) is 0.467. The summed E-state index contributed by atoms with van der Waals surface area (Å²) in [6.07, 6.45) is 0. The maximum absolute atomic E-state index is 12.5. The molecule has 0 saturated carbocycles. The number of hydrogen-bond donors (Lipinski definition) is 1. The van der Waals surface area contributed by atoms with Gasteiger partial charge in [0, 0.05) is 17.9 Å². The molecular formula is C15H18N2O2S. The molecule has 3 rings (SSSR count). The zero-order valence-electron chi connectivity index (χ0n) is 11.6. The molecule has 2 atom stereocenters. The molecule has 2 aliphatic heterocycles. The number of nitrogens with one attached hydrogen (secondary N) is 1. The van der Waals surface area contributed by atoms with Crippen LogP contribution >= 0.6 is 11.8 Å². The highest BCUT2D eigenvalue weighted by Crippen LogP contribution is 2.47. The lowest BCUT2D eigenvalue weighted by Gasteiger charge is -2.23. The molecule has 1 N–H and O–H groups in total. The van der Waals surface area contributed by atoms with Crippen molar-refractivity contribution in [2.75, 3.05) is 12.3 Å². The zero-order valence-corrected chi connectivity index (χ0v) is 12.4. The minimum absolute atomic E-state index is 0.00787. The predicted molar refractivity (Wildman–Crippen MR) is 79.4 cm³/mol. The molecule has 2 heterocycles. The summed E-state index contributed by atoms with van der Waals surface area (Å²) in [4.78, 5) is 26.5. The summed E-state index contributed by atoms with van der Waals surface area (Å²) in [5.74, 6) is 1.04. The second kappa shape index (κ2) is 5.13. The number of rotatable bonds is 3. The Balaban J connectivity index is 1.80. The molecule has 20 heavy (non-hydrogen) atoms. The molecule has 0 spiro atoms. The van der Waals surface area contributed by atoms with E-state index in [1.807, 2.05) is 24.3 Å². The van der Waals surface area contributed by atoms with Crippen molar-refractivity contribution >= 4 is 23.6 Å². The van der Waals surface area contributed by atoms with E-state index in [0.717, 1.165) is 11.1 Å². The molecule has 1 saturated heterocycles. The minimum Gasteiger partial charge on any atom is -0.354 e. The molecule has 2 aliphatic rings. The van der Waals surface area contributed by atoms with Crippen molar-refractivity contribution in [2.45, 2.75) is 25.3 Å². The third-order valence-corrected chi connectivity index (χ3v) is 4.98. The van der Waals surface area contributed by atoms with Crippen LogP contribution in [0.25, 0.3) is 0 Å². The van der Waals surface area contributed by atoms with Crippen molar-refractivity contribution in [3.63, 3.8) is 0 Å². The van der Waals surface area contributed by atoms with E-state index in [1.54, 1.807) is 16.7 Å². The van der Waals surface area contributed by atoms with E-state index < -0.39 is 0 Å². The van der Waals surface area contributed by atoms with Crippen LogP contribution in [0.2, 0.25) is 0 Å². The molecule has 1 fully saturated rings. The van der Waals surface area contributed by atoms with Crippen LogP contribution in [0.5, 0.6) is 0 Å². The van der Waals surface area contributed by atoms with Gasteiger partial charge in [-0.1, -0.05) is 32.0 Å². The first-order chi connectivity index (χ1) is 9.59. The molecule has 0 aromatic heterocycles. The normalized spacial score (nSPS) is 23.9. The number of benzene rings is 1. The third-order valence-electron chi connectivity index (χ3n) is 3.68. The Morgan fingerprint density at radius 1 is 1.45 bits per heavy atom. The van der Waals surface area contributed by atoms with Gasteiger partial charge in [-0.2, -0.15) is 0 Å². The Labute approximate surface area is 122 Å². The molecule has 4 nitrogen and oxygen atoms in total. The predicted octanol–water partition coefficient (Wildman–Crippen LogP) is 2.03. The van der Waals surface area contributed by atoms with Crippen molar-refractivity contribution in [3.8, 4) is 0 Å². The van der Waals surface area contributed by atoms with Gasteiger partial charge in [-0.3, -0.25) is 9.59 Å². The molecular weight excluding hydrogens is 272 g/mol. The van der Waals surface area contributed by atoms with Crippen LogP contribution in [0.1, 0.15) is 35.1 Å². The summed E-state index contributed by atoms with van der Waals surface area (Å²) < 4.78 is 0. The minimum atomic E-state index is -0.344. The van der Waals surface area contributed by atoms with Crippen molar-refractivity contribution in [1.29, 1.82) is 0 Å². The van der Waals surface area contributed by atoms with Crippen LogP contribution in [-0.4, -0.2) is 35.1 Å². The molecule has 2 amide bonds. The lowest BCUT2D eigenvalue weighted by atomic mass is 10.1. The van der Waals surface area contributed by atoms with Crippen molar-refractivity contribution in [3.05, 3.63) is 35.4 Å². The highest BCUT2D eigenvalue weighted by atomic mass is 32.2. The Morgan fingerprint density at radius 2 is 2.20 bits per heavy atom. The lowest BCUT2D eigenvalue weighted by Crippen LogP contribution is -2.46. The van der Waals surface area contributed by atoms with Gasteiger partial charge < -0.3 is 10.2 Å². The van der Waals surface area contributed by atoms with Crippen LogP contribution < -0.4 is 5.32 Å². The second-order valence-electron chi connectivity index (χ2n) is 5.64. The second-order valence-corrected chi connectivity index (χ2v) is 6.75. The first kappa shape index (κ1) is 13.5.